The average Bonchev–Trinajstić information content (AvgIpc) is 2.91. The summed E-state index contributed by atoms with van der Waals surface area (Å²) < 4.78 is 1.91. The van der Waals surface area contributed by atoms with Crippen molar-refractivity contribution in [3.63, 3.8) is 0 Å². The predicted molar refractivity (Wildman–Crippen MR) is 65.6 cm³/mol. The third kappa shape index (κ3) is 3.32. The number of amides is 2. The summed E-state index contributed by atoms with van der Waals surface area (Å²) in [4.78, 5) is 28.7. The van der Waals surface area contributed by atoms with Gasteiger partial charge in [0.25, 0.3) is 0 Å². The van der Waals surface area contributed by atoms with Crippen LogP contribution in [0.25, 0.3) is 0 Å². The number of nitrogens with zero attached hydrogens (tertiary/aromatic N) is 3. The Hall–Kier alpha value is -1.85. The zero-order valence-corrected chi connectivity index (χ0v) is 10.5. The lowest BCUT2D eigenvalue weighted by Crippen LogP contribution is -2.42. The zero-order valence-electron chi connectivity index (χ0n) is 10.5. The van der Waals surface area contributed by atoms with E-state index < -0.39 is 0 Å². The van der Waals surface area contributed by atoms with Crippen molar-refractivity contribution < 1.29 is 9.59 Å². The van der Waals surface area contributed by atoms with Gasteiger partial charge in [-0.05, 0) is 13.3 Å². The molecule has 1 aliphatic rings. The van der Waals surface area contributed by atoms with Gasteiger partial charge < -0.3 is 14.8 Å². The Morgan fingerprint density at radius 3 is 3.06 bits per heavy atom. The summed E-state index contributed by atoms with van der Waals surface area (Å²) in [6.07, 6.45) is 6.70. The average molecular weight is 250 g/mol. The van der Waals surface area contributed by atoms with Crippen LogP contribution in [0.15, 0.2) is 18.7 Å². The van der Waals surface area contributed by atoms with Crippen molar-refractivity contribution >= 4 is 11.8 Å². The minimum atomic E-state index is -0.0992. The number of aromatic nitrogens is 2. The Kier molecular flexibility index (Phi) is 3.96. The van der Waals surface area contributed by atoms with Crippen molar-refractivity contribution in [3.05, 3.63) is 18.7 Å². The fraction of sp³-hybridized carbons (Fsp3) is 0.583. The maximum absolute atomic E-state index is 11.8. The Morgan fingerprint density at radius 1 is 1.61 bits per heavy atom. The van der Waals surface area contributed by atoms with Gasteiger partial charge in [0.15, 0.2) is 0 Å². The van der Waals surface area contributed by atoms with Gasteiger partial charge in [-0.15, -0.1) is 0 Å². The number of carbonyl (C=O) groups excluding carboxylic acids is 2. The number of rotatable bonds is 5. The maximum Gasteiger partial charge on any atom is 0.239 e. The molecule has 0 bridgehead atoms. The molecule has 18 heavy (non-hydrogen) atoms. The van der Waals surface area contributed by atoms with Gasteiger partial charge in [0, 0.05) is 37.9 Å². The Balaban J connectivity index is 1.75. The molecule has 6 heteroatoms. The van der Waals surface area contributed by atoms with Gasteiger partial charge in [0.2, 0.25) is 11.8 Å². The summed E-state index contributed by atoms with van der Waals surface area (Å²) in [7, 11) is 0. The Bertz CT molecular complexity index is 416. The third-order valence-electron chi connectivity index (χ3n) is 2.96. The fourth-order valence-electron chi connectivity index (χ4n) is 2.12. The lowest BCUT2D eigenvalue weighted by atomic mass is 10.3. The van der Waals surface area contributed by atoms with E-state index in [9.17, 15) is 9.59 Å². The molecule has 0 radical (unpaired) electrons. The molecule has 0 aliphatic carbocycles. The summed E-state index contributed by atoms with van der Waals surface area (Å²) >= 11 is 0. The van der Waals surface area contributed by atoms with E-state index in [0.717, 1.165) is 6.42 Å². The molecule has 98 valence electrons. The van der Waals surface area contributed by atoms with Gasteiger partial charge in [0.1, 0.15) is 0 Å². The molecule has 1 saturated heterocycles. The minimum absolute atomic E-state index is 0.0180. The van der Waals surface area contributed by atoms with Crippen molar-refractivity contribution in [2.45, 2.75) is 32.4 Å². The van der Waals surface area contributed by atoms with E-state index >= 15 is 0 Å². The van der Waals surface area contributed by atoms with Crippen LogP contribution in [0.3, 0.4) is 0 Å². The number of imidazole rings is 1. The van der Waals surface area contributed by atoms with Gasteiger partial charge >= 0.3 is 0 Å². The summed E-state index contributed by atoms with van der Waals surface area (Å²) in [6.45, 7) is 3.48. The minimum Gasteiger partial charge on any atom is -0.350 e. The van der Waals surface area contributed by atoms with Crippen molar-refractivity contribution in [3.8, 4) is 0 Å². The summed E-state index contributed by atoms with van der Waals surface area (Å²) in [5.74, 6) is -0.0229. The second kappa shape index (κ2) is 5.66. The monoisotopic (exact) mass is 250 g/mol. The maximum atomic E-state index is 11.8. The van der Waals surface area contributed by atoms with Crippen molar-refractivity contribution in [2.75, 3.05) is 13.1 Å². The van der Waals surface area contributed by atoms with E-state index in [1.807, 2.05) is 17.7 Å². The molecule has 1 N–H and O–H groups in total. The molecule has 1 aromatic rings. The molecule has 6 nitrogen and oxygen atoms in total. The van der Waals surface area contributed by atoms with Crippen LogP contribution in [0.2, 0.25) is 0 Å². The van der Waals surface area contributed by atoms with Gasteiger partial charge in [-0.1, -0.05) is 0 Å². The third-order valence-corrected chi connectivity index (χ3v) is 2.96. The zero-order chi connectivity index (χ0) is 13.0. The number of hydrogen-bond acceptors (Lipinski definition) is 3. The van der Waals surface area contributed by atoms with E-state index in [1.165, 1.54) is 0 Å². The van der Waals surface area contributed by atoms with E-state index in [2.05, 4.69) is 10.3 Å². The van der Waals surface area contributed by atoms with Gasteiger partial charge in [-0.2, -0.15) is 0 Å². The highest BCUT2D eigenvalue weighted by atomic mass is 16.2. The van der Waals surface area contributed by atoms with Crippen molar-refractivity contribution in [1.82, 2.24) is 19.8 Å². The lowest BCUT2D eigenvalue weighted by Gasteiger charge is -2.18. The van der Waals surface area contributed by atoms with Crippen LogP contribution in [0.1, 0.15) is 19.8 Å². The van der Waals surface area contributed by atoms with E-state index in [1.54, 1.807) is 17.4 Å². The molecule has 2 amide bonds. The quantitative estimate of drug-likeness (QED) is 0.800. The van der Waals surface area contributed by atoms with Crippen LogP contribution in [0.4, 0.5) is 0 Å². The normalized spacial score (nSPS) is 16.9. The van der Waals surface area contributed by atoms with Crippen LogP contribution in [-0.4, -0.2) is 45.4 Å². The van der Waals surface area contributed by atoms with Crippen LogP contribution in [0, 0.1) is 0 Å². The molecule has 2 heterocycles. The second-order valence-corrected chi connectivity index (χ2v) is 4.65. The van der Waals surface area contributed by atoms with Crippen LogP contribution in [0.5, 0.6) is 0 Å². The molecule has 0 spiro atoms. The van der Waals surface area contributed by atoms with Crippen molar-refractivity contribution in [1.29, 1.82) is 0 Å². The summed E-state index contributed by atoms with van der Waals surface area (Å²) in [5, 5.41) is 2.88. The molecule has 0 aromatic carbocycles. The smallest absolute Gasteiger partial charge is 0.239 e. The molecule has 1 fully saturated rings. The first kappa shape index (κ1) is 12.6. The van der Waals surface area contributed by atoms with Crippen LogP contribution < -0.4 is 5.32 Å². The van der Waals surface area contributed by atoms with E-state index in [0.29, 0.717) is 19.5 Å². The number of hydrogen-bond donors (Lipinski definition) is 1. The predicted octanol–water partition coefficient (Wildman–Crippen LogP) is 0.0102. The van der Waals surface area contributed by atoms with E-state index in [4.69, 9.17) is 0 Å². The largest absolute Gasteiger partial charge is 0.350 e. The number of carbonyl (C=O) groups is 2. The first-order valence-corrected chi connectivity index (χ1v) is 6.18. The van der Waals surface area contributed by atoms with Gasteiger partial charge in [0.05, 0.1) is 12.9 Å². The Morgan fingerprint density at radius 2 is 2.44 bits per heavy atom. The highest BCUT2D eigenvalue weighted by molar-refractivity contribution is 5.85. The fourth-order valence-corrected chi connectivity index (χ4v) is 2.12. The lowest BCUT2D eigenvalue weighted by molar-refractivity contribution is -0.133. The molecule has 0 unspecified atom stereocenters. The first-order chi connectivity index (χ1) is 8.65. The van der Waals surface area contributed by atoms with Gasteiger partial charge in [-0.25, -0.2) is 4.98 Å². The number of nitrogens with one attached hydrogen (secondary N) is 1. The molecule has 1 aromatic heterocycles. The molecule has 2 rings (SSSR count). The Labute approximate surface area is 106 Å². The molecule has 0 saturated carbocycles. The summed E-state index contributed by atoms with van der Waals surface area (Å²) in [6, 6.07) is 0.0180. The van der Waals surface area contributed by atoms with Crippen LogP contribution >= 0.6 is 0 Å². The molecule has 1 aliphatic heterocycles. The standard InChI is InChI=1S/C12H18N4O2/c1-10(7-15-6-4-13-9-15)14-11(17)8-16-5-2-3-12(16)18/h4,6,9-10H,2-3,5,7-8H2,1H3,(H,14,17)/t10-/m0/s1. The topological polar surface area (TPSA) is 67.2 Å². The van der Waals surface area contributed by atoms with E-state index in [-0.39, 0.29) is 24.4 Å². The highest BCUT2D eigenvalue weighted by Gasteiger charge is 2.22. The van der Waals surface area contributed by atoms with Crippen LogP contribution in [-0.2, 0) is 16.1 Å². The highest BCUT2D eigenvalue weighted by Crippen LogP contribution is 2.08. The first-order valence-electron chi connectivity index (χ1n) is 6.18. The van der Waals surface area contributed by atoms with Gasteiger partial charge in [-0.3, -0.25) is 9.59 Å². The second-order valence-electron chi connectivity index (χ2n) is 4.65. The molecular weight excluding hydrogens is 232 g/mol. The summed E-state index contributed by atoms with van der Waals surface area (Å²) in [5.41, 5.74) is 0. The molecular formula is C12H18N4O2. The van der Waals surface area contributed by atoms with Crippen molar-refractivity contribution in [2.24, 2.45) is 0 Å². The SMILES string of the molecule is C[C@@H](Cn1ccnc1)NC(=O)CN1CCCC1=O. The molecule has 1 atom stereocenters. The number of likely N-dealkylation sites (tertiary alicyclic amines) is 1.